The van der Waals surface area contributed by atoms with E-state index in [0.717, 1.165) is 13.1 Å². The SMILES string of the molecule is CC1(C)OC[C@@H](COC(Cn2c3ccccc3c3ccccc32)Cn2c3ccccc3c3ccccc32)O1. The van der Waals surface area contributed by atoms with Crippen LogP contribution in [0.15, 0.2) is 97.1 Å². The third-order valence-electron chi connectivity index (χ3n) is 7.72. The first-order chi connectivity index (χ1) is 18.6. The summed E-state index contributed by atoms with van der Waals surface area (Å²) in [5.74, 6) is -0.566. The fraction of sp³-hybridized carbons (Fsp3) is 0.273. The summed E-state index contributed by atoms with van der Waals surface area (Å²) in [5, 5.41) is 5.09. The summed E-state index contributed by atoms with van der Waals surface area (Å²) in [5.41, 5.74) is 4.91. The van der Waals surface area contributed by atoms with E-state index in [1.54, 1.807) is 0 Å². The van der Waals surface area contributed by atoms with Gasteiger partial charge in [0, 0.05) is 43.6 Å². The number of hydrogen-bond donors (Lipinski definition) is 0. The average Bonchev–Trinajstić information content (AvgIpc) is 3.57. The van der Waals surface area contributed by atoms with E-state index in [2.05, 4.69) is 106 Å². The van der Waals surface area contributed by atoms with Gasteiger partial charge in [-0.3, -0.25) is 0 Å². The molecule has 0 radical (unpaired) electrons. The predicted octanol–water partition coefficient (Wildman–Crippen LogP) is 7.14. The summed E-state index contributed by atoms with van der Waals surface area (Å²) in [6.45, 7) is 6.41. The molecule has 0 amide bonds. The monoisotopic (exact) mass is 504 g/mol. The number of para-hydroxylation sites is 4. The zero-order valence-corrected chi connectivity index (χ0v) is 21.8. The van der Waals surface area contributed by atoms with Crippen molar-refractivity contribution in [2.75, 3.05) is 13.2 Å². The first kappa shape index (κ1) is 23.5. The van der Waals surface area contributed by atoms with Gasteiger partial charge in [0.2, 0.25) is 0 Å². The van der Waals surface area contributed by atoms with Crippen LogP contribution in [0, 0.1) is 0 Å². The van der Waals surface area contributed by atoms with Crippen molar-refractivity contribution >= 4 is 43.6 Å². The highest BCUT2D eigenvalue weighted by Gasteiger charge is 2.33. The van der Waals surface area contributed by atoms with Gasteiger partial charge in [0.05, 0.1) is 32.4 Å². The van der Waals surface area contributed by atoms with Crippen molar-refractivity contribution in [3.05, 3.63) is 97.1 Å². The summed E-state index contributed by atoms with van der Waals surface area (Å²) in [6, 6.07) is 34.6. The molecule has 192 valence electrons. The number of rotatable bonds is 7. The van der Waals surface area contributed by atoms with Crippen LogP contribution in [0.1, 0.15) is 13.8 Å². The Morgan fingerprint density at radius 3 is 1.45 bits per heavy atom. The van der Waals surface area contributed by atoms with Gasteiger partial charge >= 0.3 is 0 Å². The molecule has 1 fully saturated rings. The molecule has 1 aliphatic heterocycles. The molecule has 0 unspecified atom stereocenters. The highest BCUT2D eigenvalue weighted by atomic mass is 16.7. The number of aromatic nitrogens is 2. The van der Waals surface area contributed by atoms with Gasteiger partial charge in [-0.05, 0) is 38.1 Å². The van der Waals surface area contributed by atoms with Gasteiger partial charge in [0.1, 0.15) is 6.10 Å². The Bertz CT molecular complexity index is 1540. The molecule has 7 rings (SSSR count). The van der Waals surface area contributed by atoms with Crippen LogP contribution in [0.5, 0.6) is 0 Å². The average molecular weight is 505 g/mol. The lowest BCUT2D eigenvalue weighted by Gasteiger charge is -2.24. The minimum Gasteiger partial charge on any atom is -0.372 e. The number of fused-ring (bicyclic) bond motifs is 6. The van der Waals surface area contributed by atoms with E-state index in [1.807, 2.05) is 13.8 Å². The molecule has 6 aromatic rings. The number of nitrogens with zero attached hydrogens (tertiary/aromatic N) is 2. The van der Waals surface area contributed by atoms with Crippen molar-refractivity contribution in [1.82, 2.24) is 9.13 Å². The first-order valence-electron chi connectivity index (χ1n) is 13.4. The Balaban J connectivity index is 1.30. The summed E-state index contributed by atoms with van der Waals surface area (Å²) in [4.78, 5) is 0. The number of ether oxygens (including phenoxy) is 3. The Morgan fingerprint density at radius 1 is 0.684 bits per heavy atom. The smallest absolute Gasteiger partial charge is 0.163 e. The third kappa shape index (κ3) is 4.08. The fourth-order valence-corrected chi connectivity index (χ4v) is 6.06. The van der Waals surface area contributed by atoms with Crippen LogP contribution < -0.4 is 0 Å². The van der Waals surface area contributed by atoms with E-state index >= 15 is 0 Å². The second kappa shape index (κ2) is 9.28. The lowest BCUT2D eigenvalue weighted by Crippen LogP contribution is -2.31. The molecule has 0 bridgehead atoms. The zero-order valence-electron chi connectivity index (χ0n) is 21.8. The summed E-state index contributed by atoms with van der Waals surface area (Å²) >= 11 is 0. The maximum Gasteiger partial charge on any atom is 0.163 e. The van der Waals surface area contributed by atoms with Gasteiger partial charge in [-0.1, -0.05) is 72.8 Å². The highest BCUT2D eigenvalue weighted by molar-refractivity contribution is 6.08. The van der Waals surface area contributed by atoms with Gasteiger partial charge in [-0.15, -0.1) is 0 Å². The van der Waals surface area contributed by atoms with Crippen molar-refractivity contribution in [1.29, 1.82) is 0 Å². The summed E-state index contributed by atoms with van der Waals surface area (Å²) in [6.07, 6.45) is -0.162. The van der Waals surface area contributed by atoms with Crippen molar-refractivity contribution in [2.45, 2.75) is 44.9 Å². The second-order valence-corrected chi connectivity index (χ2v) is 10.7. The van der Waals surface area contributed by atoms with Crippen LogP contribution in [0.2, 0.25) is 0 Å². The lowest BCUT2D eigenvalue weighted by molar-refractivity contribution is -0.148. The van der Waals surface area contributed by atoms with Crippen molar-refractivity contribution in [2.24, 2.45) is 0 Å². The molecule has 38 heavy (non-hydrogen) atoms. The van der Waals surface area contributed by atoms with Crippen molar-refractivity contribution in [3.63, 3.8) is 0 Å². The van der Waals surface area contributed by atoms with Crippen molar-refractivity contribution < 1.29 is 14.2 Å². The van der Waals surface area contributed by atoms with Gasteiger partial charge in [0.15, 0.2) is 5.79 Å². The van der Waals surface area contributed by atoms with Gasteiger partial charge in [0.25, 0.3) is 0 Å². The van der Waals surface area contributed by atoms with E-state index in [0.29, 0.717) is 13.2 Å². The largest absolute Gasteiger partial charge is 0.372 e. The van der Waals surface area contributed by atoms with Crippen molar-refractivity contribution in [3.8, 4) is 0 Å². The second-order valence-electron chi connectivity index (χ2n) is 10.7. The van der Waals surface area contributed by atoms with E-state index in [-0.39, 0.29) is 12.2 Å². The summed E-state index contributed by atoms with van der Waals surface area (Å²) in [7, 11) is 0. The molecule has 4 aromatic carbocycles. The molecule has 0 saturated carbocycles. The molecule has 1 saturated heterocycles. The van der Waals surface area contributed by atoms with E-state index in [9.17, 15) is 0 Å². The Labute approximate surface area is 222 Å². The van der Waals surface area contributed by atoms with Crippen LogP contribution in [-0.2, 0) is 27.3 Å². The predicted molar refractivity (Wildman–Crippen MR) is 154 cm³/mol. The molecular formula is C33H32N2O3. The zero-order chi connectivity index (χ0) is 25.7. The van der Waals surface area contributed by atoms with Crippen LogP contribution in [0.25, 0.3) is 43.6 Å². The van der Waals surface area contributed by atoms with Gasteiger partial charge < -0.3 is 23.3 Å². The molecule has 1 aliphatic rings. The Morgan fingerprint density at radius 2 is 1.08 bits per heavy atom. The Kier molecular flexibility index (Phi) is 5.73. The van der Waals surface area contributed by atoms with Crippen LogP contribution >= 0.6 is 0 Å². The maximum atomic E-state index is 6.72. The third-order valence-corrected chi connectivity index (χ3v) is 7.72. The molecule has 0 aliphatic carbocycles. The van der Waals surface area contributed by atoms with E-state index in [4.69, 9.17) is 14.2 Å². The minimum absolute atomic E-state index is 0.0798. The molecule has 5 nitrogen and oxygen atoms in total. The van der Waals surface area contributed by atoms with Crippen LogP contribution in [-0.4, -0.2) is 40.3 Å². The number of hydrogen-bond acceptors (Lipinski definition) is 3. The minimum atomic E-state index is -0.566. The number of benzene rings is 4. The summed E-state index contributed by atoms with van der Waals surface area (Å²) < 4.78 is 23.5. The Hall–Kier alpha value is -3.64. The van der Waals surface area contributed by atoms with E-state index in [1.165, 1.54) is 43.6 Å². The molecule has 0 N–H and O–H groups in total. The first-order valence-corrected chi connectivity index (χ1v) is 13.4. The molecule has 5 heteroatoms. The molecule has 2 aromatic heterocycles. The highest BCUT2D eigenvalue weighted by Crippen LogP contribution is 2.32. The van der Waals surface area contributed by atoms with Gasteiger partial charge in [-0.2, -0.15) is 0 Å². The molecular weight excluding hydrogens is 472 g/mol. The van der Waals surface area contributed by atoms with Crippen LogP contribution in [0.4, 0.5) is 0 Å². The normalized spacial score (nSPS) is 17.5. The fourth-order valence-electron chi connectivity index (χ4n) is 6.06. The van der Waals surface area contributed by atoms with E-state index < -0.39 is 5.79 Å². The molecule has 3 heterocycles. The maximum absolute atomic E-state index is 6.72. The topological polar surface area (TPSA) is 37.5 Å². The quantitative estimate of drug-likeness (QED) is 0.232. The standard InChI is InChI=1S/C33H32N2O3/c1-33(2)37-22-24(38-33)21-36-23(19-34-29-15-7-3-11-25(29)26-12-4-8-16-30(26)34)20-35-31-17-9-5-13-27(31)28-14-6-10-18-32(28)35/h3-18,23-24H,19-22H2,1-2H3/t24-/m1/s1. The lowest BCUT2D eigenvalue weighted by atomic mass is 10.2. The molecule has 1 atom stereocenters. The molecule has 0 spiro atoms. The van der Waals surface area contributed by atoms with Crippen LogP contribution in [0.3, 0.4) is 0 Å². The van der Waals surface area contributed by atoms with Gasteiger partial charge in [-0.25, -0.2) is 0 Å².